The highest BCUT2D eigenvalue weighted by molar-refractivity contribution is 5.46. The van der Waals surface area contributed by atoms with Crippen LogP contribution in [0.2, 0.25) is 0 Å². The van der Waals surface area contributed by atoms with Crippen molar-refractivity contribution in [3.63, 3.8) is 0 Å². The van der Waals surface area contributed by atoms with Crippen molar-refractivity contribution in [2.75, 3.05) is 0 Å². The lowest BCUT2D eigenvalue weighted by Crippen LogP contribution is -1.95. The first kappa shape index (κ1) is 12.2. The second kappa shape index (κ2) is 4.93. The lowest BCUT2D eigenvalue weighted by molar-refractivity contribution is 0.473. The van der Waals surface area contributed by atoms with Crippen molar-refractivity contribution >= 4 is 0 Å². The summed E-state index contributed by atoms with van der Waals surface area (Å²) in [5.74, 6) is 0.0442. The van der Waals surface area contributed by atoms with Crippen molar-refractivity contribution < 1.29 is 5.11 Å². The van der Waals surface area contributed by atoms with E-state index in [0.29, 0.717) is 5.56 Å². The number of phenolic OH excluding ortho intramolecular Hbond substituents is 1. The van der Waals surface area contributed by atoms with Crippen LogP contribution in [-0.4, -0.2) is 5.11 Å². The summed E-state index contributed by atoms with van der Waals surface area (Å²) >= 11 is 0. The Hall–Kier alpha value is -2.27. The summed E-state index contributed by atoms with van der Waals surface area (Å²) in [5, 5.41) is 18.4. The molecule has 0 aromatic heterocycles. The van der Waals surface area contributed by atoms with E-state index in [1.165, 1.54) is 16.7 Å². The van der Waals surface area contributed by atoms with Crippen molar-refractivity contribution in [3.05, 3.63) is 64.2 Å². The molecule has 0 amide bonds. The predicted octanol–water partition coefficient (Wildman–Crippen LogP) is 3.47. The Morgan fingerprint density at radius 3 is 2.39 bits per heavy atom. The number of rotatable bonds is 2. The summed E-state index contributed by atoms with van der Waals surface area (Å²) in [7, 11) is 0. The molecular weight excluding hydrogens is 222 g/mol. The van der Waals surface area contributed by atoms with Gasteiger partial charge in [0.25, 0.3) is 0 Å². The first-order valence-corrected chi connectivity index (χ1v) is 5.89. The van der Waals surface area contributed by atoms with Gasteiger partial charge in [-0.05, 0) is 54.7 Å². The van der Waals surface area contributed by atoms with Gasteiger partial charge in [-0.1, -0.05) is 24.3 Å². The SMILES string of the molecule is Cc1cccc(C)c1Cc1ccc(O)c(C#N)c1. The average Bonchev–Trinajstić information content (AvgIpc) is 2.36. The molecule has 0 aliphatic carbocycles. The zero-order valence-electron chi connectivity index (χ0n) is 10.6. The van der Waals surface area contributed by atoms with E-state index in [-0.39, 0.29) is 5.75 Å². The lowest BCUT2D eigenvalue weighted by atomic mass is 9.95. The zero-order chi connectivity index (χ0) is 13.1. The van der Waals surface area contributed by atoms with Gasteiger partial charge in [0.2, 0.25) is 0 Å². The Kier molecular flexibility index (Phi) is 3.34. The van der Waals surface area contributed by atoms with Crippen LogP contribution in [-0.2, 0) is 6.42 Å². The van der Waals surface area contributed by atoms with Gasteiger partial charge in [-0.15, -0.1) is 0 Å². The van der Waals surface area contributed by atoms with Gasteiger partial charge < -0.3 is 5.11 Å². The molecule has 0 bridgehead atoms. The molecule has 0 fully saturated rings. The quantitative estimate of drug-likeness (QED) is 0.869. The Labute approximate surface area is 107 Å². The first-order chi connectivity index (χ1) is 8.61. The third kappa shape index (κ3) is 2.36. The molecule has 0 heterocycles. The van der Waals surface area contributed by atoms with Gasteiger partial charge in [-0.3, -0.25) is 0 Å². The van der Waals surface area contributed by atoms with Crippen LogP contribution in [0.5, 0.6) is 5.75 Å². The molecule has 90 valence electrons. The maximum atomic E-state index is 9.49. The molecule has 2 nitrogen and oxygen atoms in total. The smallest absolute Gasteiger partial charge is 0.133 e. The zero-order valence-corrected chi connectivity index (χ0v) is 10.6. The topological polar surface area (TPSA) is 44.0 Å². The van der Waals surface area contributed by atoms with Gasteiger partial charge in [-0.2, -0.15) is 5.26 Å². The Balaban J connectivity index is 2.38. The summed E-state index contributed by atoms with van der Waals surface area (Å²) in [6.07, 6.45) is 0.785. The first-order valence-electron chi connectivity index (χ1n) is 5.89. The molecule has 0 radical (unpaired) electrons. The molecular formula is C16H15NO. The molecule has 18 heavy (non-hydrogen) atoms. The van der Waals surface area contributed by atoms with Crippen molar-refractivity contribution in [3.8, 4) is 11.8 Å². The molecule has 0 saturated carbocycles. The number of nitriles is 1. The minimum absolute atomic E-state index is 0.0442. The van der Waals surface area contributed by atoms with Gasteiger partial charge in [0.15, 0.2) is 0 Å². The molecule has 0 saturated heterocycles. The molecule has 0 unspecified atom stereocenters. The number of hydrogen-bond donors (Lipinski definition) is 1. The number of aromatic hydroxyl groups is 1. The number of phenols is 1. The van der Waals surface area contributed by atoms with Crippen LogP contribution in [0.25, 0.3) is 0 Å². The maximum Gasteiger partial charge on any atom is 0.133 e. The standard InChI is InChI=1S/C16H15NO/c1-11-4-3-5-12(2)15(11)9-13-6-7-16(18)14(8-13)10-17/h3-8,18H,9H2,1-2H3. The second-order valence-corrected chi connectivity index (χ2v) is 4.51. The van der Waals surface area contributed by atoms with Crippen molar-refractivity contribution in [2.24, 2.45) is 0 Å². The molecule has 0 aliphatic rings. The largest absolute Gasteiger partial charge is 0.507 e. The third-order valence-electron chi connectivity index (χ3n) is 3.21. The van der Waals surface area contributed by atoms with E-state index in [2.05, 4.69) is 26.0 Å². The van der Waals surface area contributed by atoms with Crippen LogP contribution in [0.1, 0.15) is 27.8 Å². The Bertz CT molecular complexity index is 603. The highest BCUT2D eigenvalue weighted by Gasteiger charge is 2.06. The number of hydrogen-bond acceptors (Lipinski definition) is 2. The Morgan fingerprint density at radius 1 is 1.11 bits per heavy atom. The molecule has 0 aliphatic heterocycles. The van der Waals surface area contributed by atoms with E-state index < -0.39 is 0 Å². The minimum atomic E-state index is 0.0442. The van der Waals surface area contributed by atoms with E-state index >= 15 is 0 Å². The molecule has 2 aromatic rings. The summed E-state index contributed by atoms with van der Waals surface area (Å²) < 4.78 is 0. The van der Waals surface area contributed by atoms with E-state index in [9.17, 15) is 5.11 Å². The second-order valence-electron chi connectivity index (χ2n) is 4.51. The van der Waals surface area contributed by atoms with Crippen LogP contribution in [0.3, 0.4) is 0 Å². The highest BCUT2D eigenvalue weighted by Crippen LogP contribution is 2.22. The summed E-state index contributed by atoms with van der Waals surface area (Å²) in [5.41, 5.74) is 5.16. The van der Waals surface area contributed by atoms with Crippen molar-refractivity contribution in [2.45, 2.75) is 20.3 Å². The van der Waals surface area contributed by atoms with Crippen LogP contribution in [0, 0.1) is 25.2 Å². The highest BCUT2D eigenvalue weighted by atomic mass is 16.3. The fourth-order valence-electron chi connectivity index (χ4n) is 2.11. The molecule has 0 atom stereocenters. The monoisotopic (exact) mass is 237 g/mol. The van der Waals surface area contributed by atoms with Crippen LogP contribution >= 0.6 is 0 Å². The molecule has 1 N–H and O–H groups in total. The minimum Gasteiger partial charge on any atom is -0.507 e. The van der Waals surface area contributed by atoms with Gasteiger partial charge >= 0.3 is 0 Å². The van der Waals surface area contributed by atoms with Crippen molar-refractivity contribution in [1.82, 2.24) is 0 Å². The normalized spacial score (nSPS) is 10.1. The summed E-state index contributed by atoms with van der Waals surface area (Å²) in [6, 6.07) is 13.4. The summed E-state index contributed by atoms with van der Waals surface area (Å²) in [6.45, 7) is 4.18. The fraction of sp³-hybridized carbons (Fsp3) is 0.188. The van der Waals surface area contributed by atoms with E-state index in [0.717, 1.165) is 12.0 Å². The average molecular weight is 237 g/mol. The number of benzene rings is 2. The van der Waals surface area contributed by atoms with Crippen molar-refractivity contribution in [1.29, 1.82) is 5.26 Å². The number of nitrogens with zero attached hydrogens (tertiary/aromatic N) is 1. The van der Waals surface area contributed by atoms with E-state index in [1.807, 2.05) is 18.2 Å². The van der Waals surface area contributed by atoms with Crippen LogP contribution in [0.15, 0.2) is 36.4 Å². The molecule has 0 spiro atoms. The van der Waals surface area contributed by atoms with Gasteiger partial charge in [-0.25, -0.2) is 0 Å². The fourth-order valence-corrected chi connectivity index (χ4v) is 2.11. The molecule has 2 heteroatoms. The third-order valence-corrected chi connectivity index (χ3v) is 3.21. The number of aryl methyl sites for hydroxylation is 2. The summed E-state index contributed by atoms with van der Waals surface area (Å²) in [4.78, 5) is 0. The van der Waals surface area contributed by atoms with Gasteiger partial charge in [0.1, 0.15) is 11.8 Å². The lowest BCUT2D eigenvalue weighted by Gasteiger charge is -2.10. The Morgan fingerprint density at radius 2 is 1.78 bits per heavy atom. The molecule has 2 aromatic carbocycles. The van der Waals surface area contributed by atoms with Crippen LogP contribution < -0.4 is 0 Å². The predicted molar refractivity (Wildman–Crippen MR) is 71.5 cm³/mol. The van der Waals surface area contributed by atoms with E-state index in [1.54, 1.807) is 12.1 Å². The molecule has 2 rings (SSSR count). The van der Waals surface area contributed by atoms with Crippen LogP contribution in [0.4, 0.5) is 0 Å². The maximum absolute atomic E-state index is 9.49. The van der Waals surface area contributed by atoms with Gasteiger partial charge in [0.05, 0.1) is 5.56 Å². The van der Waals surface area contributed by atoms with E-state index in [4.69, 9.17) is 5.26 Å². The van der Waals surface area contributed by atoms with Gasteiger partial charge in [0, 0.05) is 0 Å².